The SMILES string of the molecule is CCCCCC[C@H](C)C=C[C@H]1CCC(=O)[C@@H]1CC(=O)CCCCC(=O)CO. The molecule has 0 radical (unpaired) electrons. The smallest absolute Gasteiger partial charge is 0.158 e. The van der Waals surface area contributed by atoms with Crippen LogP contribution < -0.4 is 0 Å². The van der Waals surface area contributed by atoms with Crippen molar-refractivity contribution in [3.05, 3.63) is 12.2 Å². The van der Waals surface area contributed by atoms with Crippen molar-refractivity contribution in [3.63, 3.8) is 0 Å². The molecule has 1 aliphatic carbocycles. The van der Waals surface area contributed by atoms with Gasteiger partial charge in [-0.25, -0.2) is 0 Å². The normalized spacial score (nSPS) is 21.1. The Kier molecular flexibility index (Phi) is 12.2. The molecular weight excluding hydrogens is 340 g/mol. The van der Waals surface area contributed by atoms with E-state index in [0.29, 0.717) is 44.4 Å². The molecule has 4 nitrogen and oxygen atoms in total. The summed E-state index contributed by atoms with van der Waals surface area (Å²) in [6.45, 7) is 4.03. The molecule has 27 heavy (non-hydrogen) atoms. The van der Waals surface area contributed by atoms with Crippen molar-refractivity contribution >= 4 is 17.3 Å². The average Bonchev–Trinajstić information content (AvgIpc) is 3.00. The Bertz CT molecular complexity index is 495. The average molecular weight is 379 g/mol. The third-order valence-corrected chi connectivity index (χ3v) is 5.64. The highest BCUT2D eigenvalue weighted by Crippen LogP contribution is 2.33. The molecule has 0 aliphatic heterocycles. The molecule has 1 fully saturated rings. The Labute approximate surface area is 164 Å². The molecule has 1 saturated carbocycles. The van der Waals surface area contributed by atoms with Crippen molar-refractivity contribution in [2.45, 2.75) is 90.9 Å². The zero-order valence-corrected chi connectivity index (χ0v) is 17.3. The largest absolute Gasteiger partial charge is 0.389 e. The van der Waals surface area contributed by atoms with Gasteiger partial charge in [0.25, 0.3) is 0 Å². The number of unbranched alkanes of at least 4 members (excludes halogenated alkanes) is 4. The van der Waals surface area contributed by atoms with Crippen molar-refractivity contribution in [2.75, 3.05) is 6.61 Å². The lowest BCUT2D eigenvalue weighted by atomic mass is 9.88. The zero-order chi connectivity index (χ0) is 20.1. The van der Waals surface area contributed by atoms with Gasteiger partial charge in [-0.3, -0.25) is 14.4 Å². The van der Waals surface area contributed by atoms with Gasteiger partial charge in [-0.1, -0.05) is 51.7 Å². The summed E-state index contributed by atoms with van der Waals surface area (Å²) in [7, 11) is 0. The molecule has 0 amide bonds. The zero-order valence-electron chi connectivity index (χ0n) is 17.3. The lowest BCUT2D eigenvalue weighted by molar-refractivity contribution is -0.127. The van der Waals surface area contributed by atoms with E-state index in [1.165, 1.54) is 32.1 Å². The van der Waals surface area contributed by atoms with Gasteiger partial charge in [0.2, 0.25) is 0 Å². The summed E-state index contributed by atoms with van der Waals surface area (Å²) in [6, 6.07) is 0. The van der Waals surface area contributed by atoms with E-state index in [1.54, 1.807) is 0 Å². The summed E-state index contributed by atoms with van der Waals surface area (Å²) in [6.07, 6.45) is 14.5. The van der Waals surface area contributed by atoms with Crippen LogP contribution >= 0.6 is 0 Å². The first-order valence-corrected chi connectivity index (χ1v) is 10.8. The molecule has 0 bridgehead atoms. The van der Waals surface area contributed by atoms with Gasteiger partial charge in [-0.15, -0.1) is 0 Å². The first kappa shape index (κ1) is 23.7. The highest BCUT2D eigenvalue weighted by atomic mass is 16.3. The molecule has 4 heteroatoms. The monoisotopic (exact) mass is 378 g/mol. The molecule has 0 saturated heterocycles. The van der Waals surface area contributed by atoms with E-state index in [9.17, 15) is 14.4 Å². The number of carbonyl (C=O) groups is 3. The summed E-state index contributed by atoms with van der Waals surface area (Å²) in [4.78, 5) is 35.5. The van der Waals surface area contributed by atoms with Gasteiger partial charge in [-0.05, 0) is 37.5 Å². The minimum Gasteiger partial charge on any atom is -0.389 e. The van der Waals surface area contributed by atoms with Crippen LogP contribution in [-0.2, 0) is 14.4 Å². The van der Waals surface area contributed by atoms with Gasteiger partial charge in [0.1, 0.15) is 18.2 Å². The number of rotatable bonds is 15. The number of ketones is 3. The van der Waals surface area contributed by atoms with Crippen LogP contribution in [0.5, 0.6) is 0 Å². The van der Waals surface area contributed by atoms with Crippen LogP contribution in [0.4, 0.5) is 0 Å². The van der Waals surface area contributed by atoms with Crippen molar-refractivity contribution in [3.8, 4) is 0 Å². The van der Waals surface area contributed by atoms with E-state index in [4.69, 9.17) is 5.11 Å². The maximum Gasteiger partial charge on any atom is 0.158 e. The number of hydrogen-bond donors (Lipinski definition) is 1. The minimum atomic E-state index is -0.421. The van der Waals surface area contributed by atoms with Gasteiger partial charge in [-0.2, -0.15) is 0 Å². The second-order valence-electron chi connectivity index (χ2n) is 8.13. The summed E-state index contributed by atoms with van der Waals surface area (Å²) in [5.74, 6) is 0.748. The van der Waals surface area contributed by atoms with E-state index < -0.39 is 6.61 Å². The third kappa shape index (κ3) is 9.99. The summed E-state index contributed by atoms with van der Waals surface area (Å²) in [5.41, 5.74) is 0. The topological polar surface area (TPSA) is 71.4 Å². The Hall–Kier alpha value is -1.29. The lowest BCUT2D eigenvalue weighted by Crippen LogP contribution is -2.18. The van der Waals surface area contributed by atoms with E-state index in [0.717, 1.165) is 6.42 Å². The van der Waals surface area contributed by atoms with Gasteiger partial charge in [0.15, 0.2) is 5.78 Å². The van der Waals surface area contributed by atoms with Crippen molar-refractivity contribution in [1.29, 1.82) is 0 Å². The lowest BCUT2D eigenvalue weighted by Gasteiger charge is -2.15. The Morgan fingerprint density at radius 3 is 2.48 bits per heavy atom. The predicted molar refractivity (Wildman–Crippen MR) is 108 cm³/mol. The van der Waals surface area contributed by atoms with Crippen molar-refractivity contribution in [2.24, 2.45) is 17.8 Å². The van der Waals surface area contributed by atoms with Gasteiger partial charge < -0.3 is 5.11 Å². The highest BCUT2D eigenvalue weighted by Gasteiger charge is 2.34. The van der Waals surface area contributed by atoms with Gasteiger partial charge >= 0.3 is 0 Å². The quantitative estimate of drug-likeness (QED) is 0.327. The van der Waals surface area contributed by atoms with E-state index in [2.05, 4.69) is 26.0 Å². The molecule has 0 aromatic rings. The standard InChI is InChI=1S/C23H38O4/c1-3-4-5-6-9-18(2)12-13-19-14-15-23(27)22(19)16-20(25)10-7-8-11-21(26)17-24/h12-13,18-19,22,24H,3-11,14-17H2,1-2H3/t18-,19-,22+/m0/s1. The van der Waals surface area contributed by atoms with Crippen LogP contribution in [0.15, 0.2) is 12.2 Å². The van der Waals surface area contributed by atoms with E-state index in [1.807, 2.05) is 0 Å². The fourth-order valence-corrected chi connectivity index (χ4v) is 3.82. The molecule has 3 atom stereocenters. The molecule has 0 unspecified atom stereocenters. The maximum atomic E-state index is 12.2. The highest BCUT2D eigenvalue weighted by molar-refractivity contribution is 5.89. The molecule has 1 N–H and O–H groups in total. The second-order valence-corrected chi connectivity index (χ2v) is 8.13. The molecule has 154 valence electrons. The summed E-state index contributed by atoms with van der Waals surface area (Å²) < 4.78 is 0. The summed E-state index contributed by atoms with van der Waals surface area (Å²) in [5, 5.41) is 8.69. The van der Waals surface area contributed by atoms with E-state index in [-0.39, 0.29) is 29.2 Å². The molecule has 0 aromatic heterocycles. The van der Waals surface area contributed by atoms with Crippen LogP contribution in [0.25, 0.3) is 0 Å². The summed E-state index contributed by atoms with van der Waals surface area (Å²) >= 11 is 0. The molecule has 0 heterocycles. The molecule has 1 rings (SSSR count). The fraction of sp³-hybridized carbons (Fsp3) is 0.783. The fourth-order valence-electron chi connectivity index (χ4n) is 3.82. The van der Waals surface area contributed by atoms with Crippen LogP contribution in [0.2, 0.25) is 0 Å². The van der Waals surface area contributed by atoms with Crippen molar-refractivity contribution in [1.82, 2.24) is 0 Å². The first-order valence-electron chi connectivity index (χ1n) is 10.8. The Balaban J connectivity index is 2.37. The number of aliphatic hydroxyl groups is 1. The number of Topliss-reactive ketones (excluding diaryl/α,β-unsaturated/α-hetero) is 3. The minimum absolute atomic E-state index is 0.123. The van der Waals surface area contributed by atoms with Gasteiger partial charge in [0.05, 0.1) is 0 Å². The van der Waals surface area contributed by atoms with E-state index >= 15 is 0 Å². The number of carbonyl (C=O) groups excluding carboxylic acids is 3. The maximum absolute atomic E-state index is 12.2. The second kappa shape index (κ2) is 13.8. The predicted octanol–water partition coefficient (Wildman–Crippen LogP) is 4.83. The number of allylic oxidation sites excluding steroid dienone is 2. The molecule has 0 aromatic carbocycles. The Morgan fingerprint density at radius 2 is 1.81 bits per heavy atom. The molecular formula is C23H38O4. The van der Waals surface area contributed by atoms with Crippen molar-refractivity contribution < 1.29 is 19.5 Å². The number of aliphatic hydroxyl groups excluding tert-OH is 1. The first-order chi connectivity index (χ1) is 13.0. The molecule has 1 aliphatic rings. The van der Waals surface area contributed by atoms with Crippen LogP contribution in [0.1, 0.15) is 90.9 Å². The molecule has 0 spiro atoms. The number of hydrogen-bond acceptors (Lipinski definition) is 4. The Morgan fingerprint density at radius 1 is 1.11 bits per heavy atom. The third-order valence-electron chi connectivity index (χ3n) is 5.64. The van der Waals surface area contributed by atoms with Crippen LogP contribution in [0.3, 0.4) is 0 Å². The van der Waals surface area contributed by atoms with Crippen LogP contribution in [-0.4, -0.2) is 29.1 Å². The van der Waals surface area contributed by atoms with Gasteiger partial charge in [0, 0.05) is 31.6 Å². The van der Waals surface area contributed by atoms with Crippen LogP contribution in [0, 0.1) is 17.8 Å².